The molecule has 4 rings (SSSR count). The van der Waals surface area contributed by atoms with Gasteiger partial charge in [-0.15, -0.1) is 6.58 Å². The van der Waals surface area contributed by atoms with Crippen molar-refractivity contribution in [2.24, 2.45) is 0 Å². The molecule has 2 aliphatic rings. The zero-order valence-corrected chi connectivity index (χ0v) is 22.6. The lowest BCUT2D eigenvalue weighted by Crippen LogP contribution is -2.68. The van der Waals surface area contributed by atoms with E-state index < -0.39 is 0 Å². The summed E-state index contributed by atoms with van der Waals surface area (Å²) in [6.07, 6.45) is 9.03. The number of fused-ring (bicyclic) bond motifs is 1. The fraction of sp³-hybridized carbons (Fsp3) is 0.452. The van der Waals surface area contributed by atoms with Crippen LogP contribution in [0.4, 0.5) is 0 Å². The fourth-order valence-electron chi connectivity index (χ4n) is 6.37. The number of amides is 1. The summed E-state index contributed by atoms with van der Waals surface area (Å²) in [4.78, 5) is 17.6. The number of hydrogen-bond donors (Lipinski definition) is 0. The fourth-order valence-corrected chi connectivity index (χ4v) is 6.37. The predicted octanol–water partition coefficient (Wildman–Crippen LogP) is 4.94. The van der Waals surface area contributed by atoms with Crippen LogP contribution in [0.1, 0.15) is 36.8 Å². The van der Waals surface area contributed by atoms with Crippen molar-refractivity contribution in [3.63, 3.8) is 0 Å². The Kier molecular flexibility index (Phi) is 8.40. The molecule has 6 nitrogen and oxygen atoms in total. The van der Waals surface area contributed by atoms with Crippen LogP contribution in [0.25, 0.3) is 6.08 Å². The van der Waals surface area contributed by atoms with Crippen molar-refractivity contribution in [2.45, 2.75) is 42.7 Å². The van der Waals surface area contributed by atoms with Crippen molar-refractivity contribution in [3.05, 3.63) is 78.4 Å². The molecular weight excluding hydrogens is 464 g/mol. The highest BCUT2D eigenvalue weighted by Crippen LogP contribution is 2.54. The van der Waals surface area contributed by atoms with Crippen LogP contribution in [0.3, 0.4) is 0 Å². The maximum atomic E-state index is 13.3. The largest absolute Gasteiger partial charge is 0.497 e. The predicted molar refractivity (Wildman–Crippen MR) is 148 cm³/mol. The summed E-state index contributed by atoms with van der Waals surface area (Å²) in [7, 11) is 7.12. The van der Waals surface area contributed by atoms with Gasteiger partial charge in [0.15, 0.2) is 0 Å². The van der Waals surface area contributed by atoms with Gasteiger partial charge in [-0.05, 0) is 73.7 Å². The Balaban J connectivity index is 1.63. The second-order valence-electron chi connectivity index (χ2n) is 10.2. The molecule has 1 aliphatic carbocycles. The lowest BCUT2D eigenvalue weighted by Gasteiger charge is -2.60. The van der Waals surface area contributed by atoms with Crippen LogP contribution in [0, 0.1) is 0 Å². The third-order valence-electron chi connectivity index (χ3n) is 8.48. The minimum absolute atomic E-state index is 0.00243. The molecule has 37 heavy (non-hydrogen) atoms. The van der Waals surface area contributed by atoms with Gasteiger partial charge in [0, 0.05) is 44.8 Å². The molecule has 0 spiro atoms. The second-order valence-corrected chi connectivity index (χ2v) is 10.2. The van der Waals surface area contributed by atoms with Crippen molar-refractivity contribution in [1.29, 1.82) is 0 Å². The molecule has 1 aliphatic heterocycles. The standard InChI is InChI=1S/C31H40N2O4/c1-6-18-33-19-17-30(25-10-8-12-28(21-25)36-4)22-26(15-16-31(30,23-33)37-5)32(2)29(34)14-13-24-9-7-11-27(20-24)35-3/h6-14,20-21,26H,1,15-19,22-23H2,2-5H3/b14-13+. The smallest absolute Gasteiger partial charge is 0.246 e. The molecule has 198 valence electrons. The summed E-state index contributed by atoms with van der Waals surface area (Å²) in [6.45, 7) is 6.59. The van der Waals surface area contributed by atoms with Gasteiger partial charge in [0.1, 0.15) is 11.5 Å². The van der Waals surface area contributed by atoms with Crippen LogP contribution in [0.2, 0.25) is 0 Å². The Morgan fingerprint density at radius 1 is 1.11 bits per heavy atom. The molecule has 0 radical (unpaired) electrons. The van der Waals surface area contributed by atoms with Gasteiger partial charge in [0.05, 0.1) is 19.8 Å². The number of rotatable bonds is 9. The number of benzene rings is 2. The summed E-state index contributed by atoms with van der Waals surface area (Å²) in [6, 6.07) is 16.2. The lowest BCUT2D eigenvalue weighted by molar-refractivity contribution is -0.157. The normalized spacial score (nSPS) is 25.9. The second kappa shape index (κ2) is 11.5. The van der Waals surface area contributed by atoms with Gasteiger partial charge < -0.3 is 19.1 Å². The molecule has 3 unspecified atom stereocenters. The van der Waals surface area contributed by atoms with E-state index in [0.717, 1.165) is 62.4 Å². The third kappa shape index (κ3) is 5.32. The molecule has 1 saturated heterocycles. The van der Waals surface area contributed by atoms with Gasteiger partial charge in [-0.3, -0.25) is 9.69 Å². The first-order valence-electron chi connectivity index (χ1n) is 13.0. The molecule has 1 heterocycles. The van der Waals surface area contributed by atoms with E-state index in [1.165, 1.54) is 5.56 Å². The van der Waals surface area contributed by atoms with Crippen LogP contribution in [-0.2, 0) is 14.9 Å². The Bertz CT molecular complexity index is 1130. The molecule has 0 aromatic heterocycles. The first-order valence-corrected chi connectivity index (χ1v) is 13.0. The first-order chi connectivity index (χ1) is 17.9. The molecule has 3 atom stereocenters. The zero-order valence-electron chi connectivity index (χ0n) is 22.6. The van der Waals surface area contributed by atoms with E-state index in [0.29, 0.717) is 0 Å². The van der Waals surface area contributed by atoms with E-state index in [-0.39, 0.29) is 23.0 Å². The quantitative estimate of drug-likeness (QED) is 0.358. The summed E-state index contributed by atoms with van der Waals surface area (Å²) < 4.78 is 17.4. The molecule has 2 aromatic rings. The van der Waals surface area contributed by atoms with Crippen molar-refractivity contribution < 1.29 is 19.0 Å². The van der Waals surface area contributed by atoms with Crippen LogP contribution in [0.5, 0.6) is 11.5 Å². The van der Waals surface area contributed by atoms with Crippen LogP contribution < -0.4 is 9.47 Å². The van der Waals surface area contributed by atoms with Crippen molar-refractivity contribution in [1.82, 2.24) is 9.80 Å². The third-order valence-corrected chi connectivity index (χ3v) is 8.48. The van der Waals surface area contributed by atoms with E-state index in [4.69, 9.17) is 14.2 Å². The van der Waals surface area contributed by atoms with Gasteiger partial charge in [-0.2, -0.15) is 0 Å². The number of nitrogens with zero attached hydrogens (tertiary/aromatic N) is 2. The Hall–Kier alpha value is -3.09. The van der Waals surface area contributed by atoms with E-state index >= 15 is 0 Å². The molecule has 0 N–H and O–H groups in total. The molecule has 2 aromatic carbocycles. The average Bonchev–Trinajstić information content (AvgIpc) is 2.95. The van der Waals surface area contributed by atoms with Crippen LogP contribution >= 0.6 is 0 Å². The number of likely N-dealkylation sites (tertiary alicyclic amines) is 1. The first kappa shape index (κ1) is 27.0. The number of methoxy groups -OCH3 is 3. The SMILES string of the molecule is C=CCN1CCC2(c3cccc(OC)c3)CC(N(C)C(=O)/C=C/c3cccc(OC)c3)CCC2(OC)C1. The Morgan fingerprint density at radius 2 is 1.84 bits per heavy atom. The van der Waals surface area contributed by atoms with E-state index in [1.807, 2.05) is 61.5 Å². The zero-order chi connectivity index (χ0) is 26.5. The van der Waals surface area contributed by atoms with Gasteiger partial charge in [-0.1, -0.05) is 30.3 Å². The number of carbonyl (C=O) groups is 1. The topological polar surface area (TPSA) is 51.2 Å². The van der Waals surface area contributed by atoms with Crippen molar-refractivity contribution in [2.75, 3.05) is 48.0 Å². The average molecular weight is 505 g/mol. The Labute approximate surface area is 221 Å². The van der Waals surface area contributed by atoms with E-state index in [1.54, 1.807) is 20.3 Å². The van der Waals surface area contributed by atoms with Gasteiger partial charge in [0.25, 0.3) is 0 Å². The highest BCUT2D eigenvalue weighted by atomic mass is 16.5. The van der Waals surface area contributed by atoms with E-state index in [2.05, 4.69) is 29.7 Å². The molecule has 0 bridgehead atoms. The molecular formula is C31H40N2O4. The van der Waals surface area contributed by atoms with E-state index in [9.17, 15) is 4.79 Å². The van der Waals surface area contributed by atoms with Crippen LogP contribution in [0.15, 0.2) is 67.3 Å². The summed E-state index contributed by atoms with van der Waals surface area (Å²) in [5.74, 6) is 1.62. The van der Waals surface area contributed by atoms with Gasteiger partial charge in [0.2, 0.25) is 5.91 Å². The van der Waals surface area contributed by atoms with Crippen LogP contribution in [-0.4, -0.2) is 75.4 Å². The highest BCUT2D eigenvalue weighted by molar-refractivity contribution is 5.91. The highest BCUT2D eigenvalue weighted by Gasteiger charge is 2.59. The number of likely N-dealkylation sites (N-methyl/N-ethyl adjacent to an activating group) is 1. The molecule has 2 fully saturated rings. The number of carbonyl (C=O) groups excluding carboxylic acids is 1. The van der Waals surface area contributed by atoms with Crippen molar-refractivity contribution >= 4 is 12.0 Å². The number of hydrogen-bond acceptors (Lipinski definition) is 5. The summed E-state index contributed by atoms with van der Waals surface area (Å²) >= 11 is 0. The number of ether oxygens (including phenoxy) is 3. The molecule has 1 amide bonds. The van der Waals surface area contributed by atoms with Gasteiger partial charge in [-0.25, -0.2) is 0 Å². The lowest BCUT2D eigenvalue weighted by atomic mass is 9.55. The monoisotopic (exact) mass is 504 g/mol. The number of piperidine rings is 1. The maximum absolute atomic E-state index is 13.3. The summed E-state index contributed by atoms with van der Waals surface area (Å²) in [5, 5.41) is 0. The van der Waals surface area contributed by atoms with Crippen molar-refractivity contribution in [3.8, 4) is 11.5 Å². The summed E-state index contributed by atoms with van der Waals surface area (Å²) in [5.41, 5.74) is 1.58. The van der Waals surface area contributed by atoms with Gasteiger partial charge >= 0.3 is 0 Å². The maximum Gasteiger partial charge on any atom is 0.246 e. The molecule has 6 heteroatoms. The minimum atomic E-state index is -0.350. The molecule has 1 saturated carbocycles. The Morgan fingerprint density at radius 3 is 2.54 bits per heavy atom. The minimum Gasteiger partial charge on any atom is -0.497 e.